The maximum Gasteiger partial charge on any atom is 0.152 e. The smallest absolute Gasteiger partial charge is 0.152 e. The van der Waals surface area contributed by atoms with Gasteiger partial charge < -0.3 is 0 Å². The van der Waals surface area contributed by atoms with E-state index in [-0.39, 0.29) is 11.6 Å². The number of allylic oxidation sites excluding steroid dienone is 2. The minimum absolute atomic E-state index is 0.0701. The van der Waals surface area contributed by atoms with Gasteiger partial charge in [-0.15, -0.1) is 0 Å². The zero-order chi connectivity index (χ0) is 11.7. The Morgan fingerprint density at radius 1 is 1.50 bits per heavy atom. The van der Waals surface area contributed by atoms with Crippen molar-refractivity contribution >= 4 is 5.78 Å². The van der Waals surface area contributed by atoms with E-state index in [1.54, 1.807) is 26.0 Å². The third-order valence-electron chi connectivity index (χ3n) is 3.04. The summed E-state index contributed by atoms with van der Waals surface area (Å²) in [5.41, 5.74) is 1.72. The van der Waals surface area contributed by atoms with Gasteiger partial charge in [-0.3, -0.25) is 4.79 Å². The Morgan fingerprint density at radius 2 is 2.25 bits per heavy atom. The lowest BCUT2D eigenvalue weighted by Crippen LogP contribution is -1.88. The number of carbonyl (C=O) groups is 1. The quantitative estimate of drug-likeness (QED) is 0.711. The summed E-state index contributed by atoms with van der Waals surface area (Å²) in [5, 5.41) is 0. The average Bonchev–Trinajstić information content (AvgIpc) is 2.98. The van der Waals surface area contributed by atoms with Crippen molar-refractivity contribution in [2.75, 3.05) is 0 Å². The van der Waals surface area contributed by atoms with Crippen LogP contribution in [0.2, 0.25) is 0 Å². The highest BCUT2D eigenvalue weighted by atomic mass is 19.1. The van der Waals surface area contributed by atoms with Gasteiger partial charge in [-0.2, -0.15) is 0 Å². The fraction of sp³-hybridized carbons (Fsp3) is 0.357. The van der Waals surface area contributed by atoms with Crippen molar-refractivity contribution in [3.05, 3.63) is 47.3 Å². The van der Waals surface area contributed by atoms with Crippen molar-refractivity contribution in [1.29, 1.82) is 0 Å². The molecule has 1 aromatic carbocycles. The predicted octanol–water partition coefficient (Wildman–Crippen LogP) is 3.38. The number of benzene rings is 1. The van der Waals surface area contributed by atoms with Crippen molar-refractivity contribution < 1.29 is 9.18 Å². The van der Waals surface area contributed by atoms with Crippen LogP contribution in [0.5, 0.6) is 0 Å². The van der Waals surface area contributed by atoms with E-state index in [0.717, 1.165) is 12.0 Å². The zero-order valence-corrected chi connectivity index (χ0v) is 9.53. The summed E-state index contributed by atoms with van der Waals surface area (Å²) >= 11 is 0. The molecule has 1 aromatic rings. The molecule has 1 aliphatic carbocycles. The highest BCUT2D eigenvalue weighted by Gasteiger charge is 2.36. The van der Waals surface area contributed by atoms with Gasteiger partial charge in [0.25, 0.3) is 0 Å². The second-order valence-electron chi connectivity index (χ2n) is 4.48. The molecule has 0 aromatic heterocycles. The van der Waals surface area contributed by atoms with Crippen LogP contribution in [-0.2, 0) is 4.79 Å². The fourth-order valence-corrected chi connectivity index (χ4v) is 1.91. The first kappa shape index (κ1) is 11.1. The minimum Gasteiger partial charge on any atom is -0.295 e. The molecular weight excluding hydrogens is 203 g/mol. The summed E-state index contributed by atoms with van der Waals surface area (Å²) < 4.78 is 13.3. The third kappa shape index (κ3) is 2.38. The van der Waals surface area contributed by atoms with Crippen LogP contribution >= 0.6 is 0 Å². The van der Waals surface area contributed by atoms with Gasteiger partial charge in [0.2, 0.25) is 0 Å². The van der Waals surface area contributed by atoms with Crippen LogP contribution in [0.1, 0.15) is 30.4 Å². The number of hydrogen-bond donors (Lipinski definition) is 0. The first-order chi connectivity index (χ1) is 7.58. The van der Waals surface area contributed by atoms with Gasteiger partial charge in [0.05, 0.1) is 0 Å². The Bertz CT molecular complexity index is 448. The van der Waals surface area contributed by atoms with E-state index < -0.39 is 0 Å². The lowest BCUT2D eigenvalue weighted by Gasteiger charge is -2.01. The lowest BCUT2D eigenvalue weighted by molar-refractivity contribution is -0.112. The Kier molecular flexibility index (Phi) is 2.90. The Hall–Kier alpha value is -1.44. The molecule has 1 saturated carbocycles. The van der Waals surface area contributed by atoms with E-state index in [2.05, 4.69) is 0 Å². The number of halogens is 1. The normalized spacial score (nSPS) is 23.7. The molecule has 1 fully saturated rings. The maximum atomic E-state index is 13.3. The monoisotopic (exact) mass is 218 g/mol. The number of rotatable bonds is 3. The second-order valence-corrected chi connectivity index (χ2v) is 4.48. The van der Waals surface area contributed by atoms with Gasteiger partial charge in [0.1, 0.15) is 5.82 Å². The molecule has 16 heavy (non-hydrogen) atoms. The summed E-state index contributed by atoms with van der Waals surface area (Å²) in [7, 11) is 0. The molecule has 0 amide bonds. The Morgan fingerprint density at radius 3 is 2.88 bits per heavy atom. The van der Waals surface area contributed by atoms with Crippen LogP contribution in [0.3, 0.4) is 0 Å². The minimum atomic E-state index is -0.140. The standard InChI is InChI=1S/C14H15FO/c1-9-3-5-12(8-14(9)15)13-7-11(13)6-4-10(2)16/h3-6,8,11,13H,7H2,1-2H3/b6-4+/t11-,13-/m0/s1. The first-order valence-electron chi connectivity index (χ1n) is 5.52. The molecule has 2 heteroatoms. The van der Waals surface area contributed by atoms with E-state index in [9.17, 15) is 9.18 Å². The van der Waals surface area contributed by atoms with Crippen molar-refractivity contribution in [3.8, 4) is 0 Å². The largest absolute Gasteiger partial charge is 0.295 e. The predicted molar refractivity (Wildman–Crippen MR) is 61.8 cm³/mol. The highest BCUT2D eigenvalue weighted by Crippen LogP contribution is 2.48. The SMILES string of the molecule is CC(=O)/C=C/[C@H]1C[C@@H]1c1ccc(C)c(F)c1. The summed E-state index contributed by atoms with van der Waals surface area (Å²) in [6.45, 7) is 3.30. The lowest BCUT2D eigenvalue weighted by atomic mass is 10.1. The molecular formula is C14H15FO. The molecule has 0 spiro atoms. The van der Waals surface area contributed by atoms with E-state index in [1.807, 2.05) is 18.2 Å². The van der Waals surface area contributed by atoms with E-state index in [1.165, 1.54) is 0 Å². The number of hydrogen-bond acceptors (Lipinski definition) is 1. The highest BCUT2D eigenvalue weighted by molar-refractivity contribution is 5.87. The molecule has 2 atom stereocenters. The fourth-order valence-electron chi connectivity index (χ4n) is 1.91. The summed E-state index contributed by atoms with van der Waals surface area (Å²) in [5.74, 6) is 0.733. The summed E-state index contributed by atoms with van der Waals surface area (Å²) in [4.78, 5) is 10.8. The molecule has 0 saturated heterocycles. The number of ketones is 1. The van der Waals surface area contributed by atoms with E-state index in [0.29, 0.717) is 17.4 Å². The van der Waals surface area contributed by atoms with Crippen molar-refractivity contribution in [1.82, 2.24) is 0 Å². The van der Waals surface area contributed by atoms with Crippen LogP contribution in [0.25, 0.3) is 0 Å². The van der Waals surface area contributed by atoms with Crippen molar-refractivity contribution in [3.63, 3.8) is 0 Å². The molecule has 1 aliphatic rings. The van der Waals surface area contributed by atoms with Gasteiger partial charge >= 0.3 is 0 Å². The zero-order valence-electron chi connectivity index (χ0n) is 9.53. The molecule has 0 unspecified atom stereocenters. The van der Waals surface area contributed by atoms with Crippen LogP contribution in [0, 0.1) is 18.7 Å². The Labute approximate surface area is 95.0 Å². The van der Waals surface area contributed by atoms with E-state index in [4.69, 9.17) is 0 Å². The third-order valence-corrected chi connectivity index (χ3v) is 3.04. The van der Waals surface area contributed by atoms with Crippen molar-refractivity contribution in [2.45, 2.75) is 26.2 Å². The van der Waals surface area contributed by atoms with Crippen LogP contribution in [0.15, 0.2) is 30.4 Å². The van der Waals surface area contributed by atoms with Crippen LogP contribution < -0.4 is 0 Å². The molecule has 1 nitrogen and oxygen atoms in total. The summed E-state index contributed by atoms with van der Waals surface area (Å²) in [6.07, 6.45) is 4.56. The average molecular weight is 218 g/mol. The van der Waals surface area contributed by atoms with Gasteiger partial charge in [0, 0.05) is 0 Å². The molecule has 0 heterocycles. The summed E-state index contributed by atoms with van der Waals surface area (Å²) in [6, 6.07) is 5.40. The Balaban J connectivity index is 2.06. The number of aryl methyl sites for hydroxylation is 1. The van der Waals surface area contributed by atoms with Crippen molar-refractivity contribution in [2.24, 2.45) is 5.92 Å². The van der Waals surface area contributed by atoms with Gasteiger partial charge in [0.15, 0.2) is 5.78 Å². The van der Waals surface area contributed by atoms with Gasteiger partial charge in [-0.1, -0.05) is 18.2 Å². The van der Waals surface area contributed by atoms with Gasteiger partial charge in [-0.25, -0.2) is 4.39 Å². The van der Waals surface area contributed by atoms with Gasteiger partial charge in [-0.05, 0) is 55.4 Å². The van der Waals surface area contributed by atoms with E-state index >= 15 is 0 Å². The van der Waals surface area contributed by atoms with Crippen LogP contribution in [0.4, 0.5) is 4.39 Å². The molecule has 0 radical (unpaired) electrons. The molecule has 84 valence electrons. The first-order valence-corrected chi connectivity index (χ1v) is 5.52. The second kappa shape index (κ2) is 4.20. The number of carbonyl (C=O) groups excluding carboxylic acids is 1. The topological polar surface area (TPSA) is 17.1 Å². The molecule has 0 bridgehead atoms. The van der Waals surface area contributed by atoms with Crippen LogP contribution in [-0.4, -0.2) is 5.78 Å². The molecule has 2 rings (SSSR count). The molecule has 0 N–H and O–H groups in total. The molecule has 0 aliphatic heterocycles. The maximum absolute atomic E-state index is 13.3.